The van der Waals surface area contributed by atoms with Gasteiger partial charge in [0.2, 0.25) is 5.91 Å². The van der Waals surface area contributed by atoms with Crippen molar-refractivity contribution in [1.82, 2.24) is 5.43 Å². The van der Waals surface area contributed by atoms with Gasteiger partial charge >= 0.3 is 0 Å². The van der Waals surface area contributed by atoms with Crippen LogP contribution in [0.15, 0.2) is 5.10 Å². The van der Waals surface area contributed by atoms with Crippen molar-refractivity contribution in [2.75, 3.05) is 11.5 Å². The lowest BCUT2D eigenvalue weighted by Crippen LogP contribution is -2.17. The van der Waals surface area contributed by atoms with Crippen molar-refractivity contribution in [1.29, 1.82) is 0 Å². The predicted molar refractivity (Wildman–Crippen MR) is 47.8 cm³/mol. The molecule has 62 valence electrons. The fourth-order valence-electron chi connectivity index (χ4n) is 0.761. The van der Waals surface area contributed by atoms with Gasteiger partial charge in [-0.15, -0.1) is 0 Å². The normalized spacial score (nSPS) is 20.6. The third-order valence-corrected chi connectivity index (χ3v) is 2.49. The minimum atomic E-state index is -0.00519. The number of nitrogens with one attached hydrogen (secondary N) is 1. The van der Waals surface area contributed by atoms with E-state index in [2.05, 4.69) is 10.5 Å². The molecule has 1 rings (SSSR count). The average molecular weight is 172 g/mol. The predicted octanol–water partition coefficient (Wildman–Crippen LogP) is 1.01. The number of carbonyl (C=O) groups excluding carboxylic acids is 1. The lowest BCUT2D eigenvalue weighted by Gasteiger charge is -1.96. The minimum Gasteiger partial charge on any atom is -0.273 e. The summed E-state index contributed by atoms with van der Waals surface area (Å²) in [6, 6.07) is 0. The number of carbonyl (C=O) groups is 1. The molecule has 0 saturated carbocycles. The maximum Gasteiger partial charge on any atom is 0.239 e. The number of amides is 1. The molecule has 4 heteroatoms. The summed E-state index contributed by atoms with van der Waals surface area (Å²) in [4.78, 5) is 10.7. The Bertz CT molecular complexity index is 171. The first-order valence-corrected chi connectivity index (χ1v) is 4.90. The van der Waals surface area contributed by atoms with E-state index < -0.39 is 0 Å². The molecule has 0 aliphatic carbocycles. The van der Waals surface area contributed by atoms with Crippen LogP contribution >= 0.6 is 11.8 Å². The molecule has 1 heterocycles. The summed E-state index contributed by atoms with van der Waals surface area (Å²) in [5.74, 6) is 2.11. The zero-order chi connectivity index (χ0) is 8.10. The van der Waals surface area contributed by atoms with Crippen molar-refractivity contribution in [2.24, 2.45) is 5.10 Å². The third kappa shape index (κ3) is 2.93. The molecule has 0 atom stereocenters. The van der Waals surface area contributed by atoms with Crippen molar-refractivity contribution in [3.8, 4) is 0 Å². The number of hydrogen-bond acceptors (Lipinski definition) is 3. The van der Waals surface area contributed by atoms with Crippen LogP contribution < -0.4 is 5.43 Å². The van der Waals surface area contributed by atoms with Crippen LogP contribution in [0.3, 0.4) is 0 Å². The molecule has 0 radical (unpaired) electrons. The first-order chi connectivity index (χ1) is 5.33. The van der Waals surface area contributed by atoms with Gasteiger partial charge < -0.3 is 0 Å². The Morgan fingerprint density at radius 2 is 2.64 bits per heavy atom. The van der Waals surface area contributed by atoms with Gasteiger partial charge in [0.15, 0.2) is 0 Å². The van der Waals surface area contributed by atoms with Crippen molar-refractivity contribution >= 4 is 23.4 Å². The van der Waals surface area contributed by atoms with E-state index in [0.717, 1.165) is 23.6 Å². The van der Waals surface area contributed by atoms with E-state index in [-0.39, 0.29) is 5.91 Å². The molecular weight excluding hydrogens is 160 g/mol. The van der Waals surface area contributed by atoms with E-state index in [4.69, 9.17) is 0 Å². The Morgan fingerprint density at radius 3 is 3.18 bits per heavy atom. The molecule has 0 unspecified atom stereocenters. The quantitative estimate of drug-likeness (QED) is 0.631. The highest BCUT2D eigenvalue weighted by Crippen LogP contribution is 2.13. The van der Waals surface area contributed by atoms with Crippen molar-refractivity contribution in [3.05, 3.63) is 0 Å². The second kappa shape index (κ2) is 4.38. The van der Waals surface area contributed by atoms with E-state index >= 15 is 0 Å². The summed E-state index contributed by atoms with van der Waals surface area (Å²) in [5.41, 5.74) is 3.62. The van der Waals surface area contributed by atoms with Crippen LogP contribution in [0.2, 0.25) is 0 Å². The maximum atomic E-state index is 10.7. The number of hydrogen-bond donors (Lipinski definition) is 1. The van der Waals surface area contributed by atoms with Crippen LogP contribution in [0.1, 0.15) is 19.8 Å². The number of hydrazone groups is 1. The largest absolute Gasteiger partial charge is 0.273 e. The summed E-state index contributed by atoms with van der Waals surface area (Å²) in [6.07, 6.45) is 1.53. The Balaban J connectivity index is 2.28. The molecule has 0 aromatic carbocycles. The molecule has 1 saturated heterocycles. The average Bonchev–Trinajstić information content (AvgIpc) is 2.52. The topological polar surface area (TPSA) is 41.5 Å². The van der Waals surface area contributed by atoms with Crippen LogP contribution in [0, 0.1) is 0 Å². The van der Waals surface area contributed by atoms with Gasteiger partial charge in [0, 0.05) is 17.9 Å². The first-order valence-electron chi connectivity index (χ1n) is 3.75. The summed E-state index contributed by atoms with van der Waals surface area (Å²) >= 11 is 1.86. The molecule has 11 heavy (non-hydrogen) atoms. The number of thioether (sulfide) groups is 1. The minimum absolute atomic E-state index is 0.00519. The maximum absolute atomic E-state index is 10.7. The van der Waals surface area contributed by atoms with E-state index in [1.54, 1.807) is 0 Å². The molecule has 1 aliphatic rings. The SMILES string of the molecule is CCC(=O)N/N=C1/CCSC1. The van der Waals surface area contributed by atoms with Gasteiger partial charge in [-0.2, -0.15) is 16.9 Å². The molecular formula is C7H12N2OS. The van der Waals surface area contributed by atoms with Crippen LogP contribution in [0.25, 0.3) is 0 Å². The smallest absolute Gasteiger partial charge is 0.239 e. The van der Waals surface area contributed by atoms with Gasteiger partial charge in [-0.3, -0.25) is 4.79 Å². The molecule has 3 nitrogen and oxygen atoms in total. The Labute approximate surface area is 70.6 Å². The fraction of sp³-hybridized carbons (Fsp3) is 0.714. The Hall–Kier alpha value is -0.510. The van der Waals surface area contributed by atoms with E-state index in [1.807, 2.05) is 18.7 Å². The van der Waals surface area contributed by atoms with Crippen LogP contribution in [-0.2, 0) is 4.79 Å². The van der Waals surface area contributed by atoms with Gasteiger partial charge in [0.25, 0.3) is 0 Å². The molecule has 0 aromatic heterocycles. The van der Waals surface area contributed by atoms with Crippen molar-refractivity contribution < 1.29 is 4.79 Å². The lowest BCUT2D eigenvalue weighted by molar-refractivity contribution is -0.120. The van der Waals surface area contributed by atoms with E-state index in [1.165, 1.54) is 0 Å². The first kappa shape index (κ1) is 8.59. The van der Waals surface area contributed by atoms with Crippen molar-refractivity contribution in [2.45, 2.75) is 19.8 Å². The number of rotatable bonds is 2. The standard InChI is InChI=1S/C7H12N2OS/c1-2-7(10)9-8-6-3-4-11-5-6/h2-5H2,1H3,(H,9,10)/b8-6-. The molecule has 1 N–H and O–H groups in total. The molecule has 1 amide bonds. The molecule has 0 spiro atoms. The van der Waals surface area contributed by atoms with Gasteiger partial charge in [-0.1, -0.05) is 6.92 Å². The summed E-state index contributed by atoms with van der Waals surface area (Å²) in [6.45, 7) is 1.82. The summed E-state index contributed by atoms with van der Waals surface area (Å²) in [7, 11) is 0. The molecule has 0 bridgehead atoms. The Morgan fingerprint density at radius 1 is 1.82 bits per heavy atom. The molecule has 1 aliphatic heterocycles. The second-order valence-electron chi connectivity index (χ2n) is 2.37. The van der Waals surface area contributed by atoms with E-state index in [0.29, 0.717) is 6.42 Å². The van der Waals surface area contributed by atoms with Crippen LogP contribution in [-0.4, -0.2) is 23.1 Å². The van der Waals surface area contributed by atoms with E-state index in [9.17, 15) is 4.79 Å². The van der Waals surface area contributed by atoms with Crippen molar-refractivity contribution in [3.63, 3.8) is 0 Å². The monoisotopic (exact) mass is 172 g/mol. The van der Waals surface area contributed by atoms with Gasteiger partial charge in [0.1, 0.15) is 0 Å². The van der Waals surface area contributed by atoms with Gasteiger partial charge in [0.05, 0.1) is 0 Å². The fourth-order valence-corrected chi connectivity index (χ4v) is 1.73. The zero-order valence-corrected chi connectivity index (χ0v) is 7.41. The summed E-state index contributed by atoms with van der Waals surface area (Å²) in [5, 5.41) is 3.99. The molecule has 1 fully saturated rings. The number of nitrogens with zero attached hydrogens (tertiary/aromatic N) is 1. The highest BCUT2D eigenvalue weighted by atomic mass is 32.2. The zero-order valence-electron chi connectivity index (χ0n) is 6.59. The van der Waals surface area contributed by atoms with Crippen LogP contribution in [0.4, 0.5) is 0 Å². The van der Waals surface area contributed by atoms with Gasteiger partial charge in [-0.25, -0.2) is 5.43 Å². The summed E-state index contributed by atoms with van der Waals surface area (Å²) < 4.78 is 0. The lowest BCUT2D eigenvalue weighted by atomic mass is 10.3. The van der Waals surface area contributed by atoms with Crippen LogP contribution in [0.5, 0.6) is 0 Å². The third-order valence-electron chi connectivity index (χ3n) is 1.46. The Kier molecular flexibility index (Phi) is 3.42. The van der Waals surface area contributed by atoms with Gasteiger partial charge in [-0.05, 0) is 12.2 Å². The highest BCUT2D eigenvalue weighted by Gasteiger charge is 2.08. The second-order valence-corrected chi connectivity index (χ2v) is 3.47. The molecule has 0 aromatic rings. The highest BCUT2D eigenvalue weighted by molar-refractivity contribution is 8.00.